The zero-order chi connectivity index (χ0) is 10.7. The van der Waals surface area contributed by atoms with Crippen molar-refractivity contribution >= 4 is 19.8 Å². The molecule has 0 saturated heterocycles. The van der Waals surface area contributed by atoms with Gasteiger partial charge in [0.25, 0.3) is 0 Å². The molecule has 0 aliphatic heterocycles. The second-order valence-electron chi connectivity index (χ2n) is 3.04. The first kappa shape index (κ1) is 15.7. The highest BCUT2D eigenvalue weighted by Gasteiger charge is 2.05. The lowest BCUT2D eigenvalue weighted by Crippen LogP contribution is -1.84. The molecule has 2 aromatic rings. The summed E-state index contributed by atoms with van der Waals surface area (Å²) in [4.78, 5) is 0. The third-order valence-corrected chi connectivity index (χ3v) is 1.95. The highest BCUT2D eigenvalue weighted by atomic mass is 31.0. The molecule has 0 radical (unpaired) electrons. The summed E-state index contributed by atoms with van der Waals surface area (Å²) in [5.41, 5.74) is 0. The van der Waals surface area contributed by atoms with Gasteiger partial charge in [-0.15, -0.1) is 0 Å². The fraction of sp³-hybridized carbons (Fsp3) is 0. The maximum absolute atomic E-state index is 9.46. The summed E-state index contributed by atoms with van der Waals surface area (Å²) in [7, 11) is 0. The van der Waals surface area contributed by atoms with Gasteiger partial charge in [0.15, 0.2) is 23.0 Å². The number of para-hydroxylation sites is 4. The number of rotatable bonds is 2. The van der Waals surface area contributed by atoms with Gasteiger partial charge in [-0.2, -0.15) is 19.8 Å². The standard InChI is InChI=1S/C12H10O3.2H3P/c13-9-5-1-3-7-11(9)15-12-8-4-2-6-10(12)14;;/h1-8,13-14H;2*1H3. The molecule has 0 aliphatic carbocycles. The molecule has 17 heavy (non-hydrogen) atoms. The molecule has 0 saturated carbocycles. The first-order valence-electron chi connectivity index (χ1n) is 4.51. The molecular formula is C12H16O3P2. The lowest BCUT2D eigenvalue weighted by molar-refractivity contribution is 0.385. The quantitative estimate of drug-likeness (QED) is 0.825. The van der Waals surface area contributed by atoms with Gasteiger partial charge in [0.2, 0.25) is 0 Å². The highest BCUT2D eigenvalue weighted by molar-refractivity contribution is 6.92. The minimum atomic E-state index is 0. The van der Waals surface area contributed by atoms with E-state index in [-0.39, 0.29) is 31.3 Å². The van der Waals surface area contributed by atoms with Crippen LogP contribution in [0.25, 0.3) is 0 Å². The van der Waals surface area contributed by atoms with Gasteiger partial charge in [0.1, 0.15) is 0 Å². The Morgan fingerprint density at radius 3 is 1.35 bits per heavy atom. The second kappa shape index (κ2) is 7.11. The fourth-order valence-electron chi connectivity index (χ4n) is 1.21. The van der Waals surface area contributed by atoms with E-state index in [1.807, 2.05) is 0 Å². The molecule has 3 nitrogen and oxygen atoms in total. The molecule has 0 fully saturated rings. The first-order valence-corrected chi connectivity index (χ1v) is 4.51. The maximum Gasteiger partial charge on any atom is 0.169 e. The fourth-order valence-corrected chi connectivity index (χ4v) is 1.21. The first-order chi connectivity index (χ1) is 7.27. The van der Waals surface area contributed by atoms with Crippen LogP contribution in [0.15, 0.2) is 48.5 Å². The van der Waals surface area contributed by atoms with Crippen molar-refractivity contribution < 1.29 is 14.9 Å². The number of hydrogen-bond acceptors (Lipinski definition) is 3. The molecule has 0 bridgehead atoms. The smallest absolute Gasteiger partial charge is 0.169 e. The third-order valence-electron chi connectivity index (χ3n) is 1.95. The number of benzene rings is 2. The van der Waals surface area contributed by atoms with Crippen molar-refractivity contribution in [3.8, 4) is 23.0 Å². The summed E-state index contributed by atoms with van der Waals surface area (Å²) in [6, 6.07) is 13.2. The van der Waals surface area contributed by atoms with Crippen molar-refractivity contribution in [2.24, 2.45) is 0 Å². The van der Waals surface area contributed by atoms with Crippen LogP contribution in [-0.2, 0) is 0 Å². The number of phenolic OH excluding ortho intramolecular Hbond substituents is 2. The minimum absolute atomic E-state index is 0. The monoisotopic (exact) mass is 270 g/mol. The summed E-state index contributed by atoms with van der Waals surface area (Å²) in [5, 5.41) is 18.9. The predicted octanol–water partition coefficient (Wildman–Crippen LogP) is 3.01. The second-order valence-corrected chi connectivity index (χ2v) is 3.04. The van der Waals surface area contributed by atoms with E-state index < -0.39 is 0 Å². The van der Waals surface area contributed by atoms with Crippen molar-refractivity contribution in [1.29, 1.82) is 0 Å². The molecule has 2 aromatic carbocycles. The average Bonchev–Trinajstić information content (AvgIpc) is 2.24. The molecule has 2 unspecified atom stereocenters. The number of ether oxygens (including phenoxy) is 1. The Hall–Kier alpha value is -1.30. The van der Waals surface area contributed by atoms with E-state index >= 15 is 0 Å². The Balaban J connectivity index is 0.00000128. The normalized spacial score (nSPS) is 8.71. The number of hydrogen-bond donors (Lipinski definition) is 2. The van der Waals surface area contributed by atoms with Crippen molar-refractivity contribution in [3.63, 3.8) is 0 Å². The van der Waals surface area contributed by atoms with Crippen LogP contribution in [-0.4, -0.2) is 10.2 Å². The molecule has 2 N–H and O–H groups in total. The summed E-state index contributed by atoms with van der Waals surface area (Å²) in [6.07, 6.45) is 0. The maximum atomic E-state index is 9.46. The van der Waals surface area contributed by atoms with E-state index in [2.05, 4.69) is 0 Å². The van der Waals surface area contributed by atoms with E-state index in [9.17, 15) is 10.2 Å². The lowest BCUT2D eigenvalue weighted by atomic mass is 10.3. The Morgan fingerprint density at radius 2 is 1.00 bits per heavy atom. The van der Waals surface area contributed by atoms with Gasteiger partial charge in [0, 0.05) is 0 Å². The van der Waals surface area contributed by atoms with E-state index in [0.29, 0.717) is 11.5 Å². The molecular weight excluding hydrogens is 254 g/mol. The van der Waals surface area contributed by atoms with E-state index in [1.54, 1.807) is 36.4 Å². The molecule has 0 aromatic heterocycles. The average molecular weight is 270 g/mol. The molecule has 0 amide bonds. The van der Waals surface area contributed by atoms with Gasteiger partial charge < -0.3 is 14.9 Å². The molecule has 2 rings (SSSR count). The van der Waals surface area contributed by atoms with Crippen LogP contribution in [0.4, 0.5) is 0 Å². The van der Waals surface area contributed by atoms with Crippen LogP contribution < -0.4 is 4.74 Å². The Morgan fingerprint density at radius 1 is 0.647 bits per heavy atom. The molecule has 0 spiro atoms. The molecule has 2 atom stereocenters. The topological polar surface area (TPSA) is 49.7 Å². The summed E-state index contributed by atoms with van der Waals surface area (Å²) < 4.78 is 5.34. The van der Waals surface area contributed by atoms with Gasteiger partial charge >= 0.3 is 0 Å². The summed E-state index contributed by atoms with van der Waals surface area (Å²) in [5.74, 6) is 0.722. The van der Waals surface area contributed by atoms with E-state index in [4.69, 9.17) is 4.74 Å². The lowest BCUT2D eigenvalue weighted by Gasteiger charge is -2.08. The SMILES string of the molecule is Oc1ccccc1Oc1ccccc1O.P.P. The Bertz CT molecular complexity index is 431. The summed E-state index contributed by atoms with van der Waals surface area (Å²) >= 11 is 0. The Labute approximate surface area is 107 Å². The van der Waals surface area contributed by atoms with Gasteiger partial charge in [-0.25, -0.2) is 0 Å². The van der Waals surface area contributed by atoms with Crippen molar-refractivity contribution in [1.82, 2.24) is 0 Å². The zero-order valence-corrected chi connectivity index (χ0v) is 12.2. The number of phenols is 2. The van der Waals surface area contributed by atoms with Crippen LogP contribution in [0.5, 0.6) is 23.0 Å². The van der Waals surface area contributed by atoms with Crippen molar-refractivity contribution in [3.05, 3.63) is 48.5 Å². The van der Waals surface area contributed by atoms with Crippen LogP contribution in [0.1, 0.15) is 0 Å². The summed E-state index contributed by atoms with van der Waals surface area (Å²) in [6.45, 7) is 0. The van der Waals surface area contributed by atoms with Crippen molar-refractivity contribution in [2.45, 2.75) is 0 Å². The van der Waals surface area contributed by atoms with Crippen LogP contribution in [0, 0.1) is 0 Å². The van der Waals surface area contributed by atoms with Gasteiger partial charge in [-0.3, -0.25) is 0 Å². The van der Waals surface area contributed by atoms with Crippen LogP contribution >= 0.6 is 19.8 Å². The van der Waals surface area contributed by atoms with E-state index in [1.165, 1.54) is 12.1 Å². The van der Waals surface area contributed by atoms with Crippen molar-refractivity contribution in [2.75, 3.05) is 0 Å². The predicted molar refractivity (Wildman–Crippen MR) is 78.5 cm³/mol. The Kier molecular flexibility index (Phi) is 6.57. The third kappa shape index (κ3) is 3.89. The molecule has 0 heterocycles. The van der Waals surface area contributed by atoms with Crippen LogP contribution in [0.3, 0.4) is 0 Å². The van der Waals surface area contributed by atoms with E-state index in [0.717, 1.165) is 0 Å². The largest absolute Gasteiger partial charge is 0.504 e. The molecule has 0 aliphatic rings. The van der Waals surface area contributed by atoms with Gasteiger partial charge in [-0.05, 0) is 24.3 Å². The van der Waals surface area contributed by atoms with Crippen LogP contribution in [0.2, 0.25) is 0 Å². The number of aromatic hydroxyl groups is 2. The minimum Gasteiger partial charge on any atom is -0.504 e. The van der Waals surface area contributed by atoms with Gasteiger partial charge in [0.05, 0.1) is 0 Å². The molecule has 5 heteroatoms. The molecule has 92 valence electrons. The highest BCUT2D eigenvalue weighted by Crippen LogP contribution is 2.34. The van der Waals surface area contributed by atoms with Gasteiger partial charge in [-0.1, -0.05) is 24.3 Å². The zero-order valence-electron chi connectivity index (χ0n) is 9.34.